The molecule has 116 valence electrons. The van der Waals surface area contributed by atoms with E-state index in [1.165, 1.54) is 12.1 Å². The number of aromatic nitrogens is 1. The standard InChI is InChI=1S/C17H19FN2O2/c1-20(2)8-9-22-17-15(21-3)7-5-12-13-10-11(18)4-6-14(13)19-16(12)17/h4-7,10,19H,8-9H2,1-3H3. The fourth-order valence-electron chi connectivity index (χ4n) is 2.53. The van der Waals surface area contributed by atoms with Crippen LogP contribution in [0, 0.1) is 5.82 Å². The second kappa shape index (κ2) is 5.85. The van der Waals surface area contributed by atoms with Gasteiger partial charge < -0.3 is 19.4 Å². The fraction of sp³-hybridized carbons (Fsp3) is 0.294. The first-order valence-electron chi connectivity index (χ1n) is 7.15. The van der Waals surface area contributed by atoms with E-state index >= 15 is 0 Å². The largest absolute Gasteiger partial charge is 0.493 e. The summed E-state index contributed by atoms with van der Waals surface area (Å²) >= 11 is 0. The van der Waals surface area contributed by atoms with Crippen LogP contribution in [0.4, 0.5) is 4.39 Å². The average molecular weight is 302 g/mol. The maximum absolute atomic E-state index is 13.5. The summed E-state index contributed by atoms with van der Waals surface area (Å²) in [6, 6.07) is 8.49. The van der Waals surface area contributed by atoms with Crippen LogP contribution in [0.3, 0.4) is 0 Å². The lowest BCUT2D eigenvalue weighted by molar-refractivity contribution is 0.253. The van der Waals surface area contributed by atoms with E-state index in [9.17, 15) is 4.39 Å². The summed E-state index contributed by atoms with van der Waals surface area (Å²) in [7, 11) is 5.60. The van der Waals surface area contributed by atoms with Gasteiger partial charge >= 0.3 is 0 Å². The summed E-state index contributed by atoms with van der Waals surface area (Å²) in [5, 5.41) is 1.77. The number of halogens is 1. The number of methoxy groups -OCH3 is 1. The summed E-state index contributed by atoms with van der Waals surface area (Å²) in [5.41, 5.74) is 1.71. The van der Waals surface area contributed by atoms with Gasteiger partial charge in [-0.2, -0.15) is 0 Å². The van der Waals surface area contributed by atoms with Crippen molar-refractivity contribution in [3.05, 3.63) is 36.1 Å². The lowest BCUT2D eigenvalue weighted by Gasteiger charge is -2.14. The van der Waals surface area contributed by atoms with Gasteiger partial charge in [0.05, 0.1) is 12.6 Å². The average Bonchev–Trinajstić information content (AvgIpc) is 2.85. The van der Waals surface area contributed by atoms with E-state index in [0.717, 1.165) is 28.4 Å². The number of benzene rings is 2. The monoisotopic (exact) mass is 302 g/mol. The van der Waals surface area contributed by atoms with Crippen molar-refractivity contribution in [3.63, 3.8) is 0 Å². The highest BCUT2D eigenvalue weighted by atomic mass is 19.1. The minimum atomic E-state index is -0.251. The molecule has 22 heavy (non-hydrogen) atoms. The molecule has 0 aliphatic rings. The third-order valence-electron chi connectivity index (χ3n) is 3.66. The molecular formula is C17H19FN2O2. The second-order valence-corrected chi connectivity index (χ2v) is 5.49. The normalized spacial score (nSPS) is 11.5. The van der Waals surface area contributed by atoms with E-state index in [2.05, 4.69) is 4.98 Å². The first-order valence-corrected chi connectivity index (χ1v) is 7.15. The Kier molecular flexibility index (Phi) is 3.90. The van der Waals surface area contributed by atoms with Crippen LogP contribution in [-0.2, 0) is 0 Å². The maximum atomic E-state index is 13.5. The van der Waals surface area contributed by atoms with Gasteiger partial charge in [-0.3, -0.25) is 0 Å². The Bertz CT molecular complexity index is 811. The number of ether oxygens (including phenoxy) is 2. The molecule has 3 rings (SSSR count). The minimum absolute atomic E-state index is 0.251. The van der Waals surface area contributed by atoms with E-state index in [4.69, 9.17) is 9.47 Å². The molecule has 1 N–H and O–H groups in total. The quantitative estimate of drug-likeness (QED) is 0.785. The Labute approximate surface area is 128 Å². The SMILES string of the molecule is COc1ccc2c([nH]c3ccc(F)cc32)c1OCCN(C)C. The molecule has 2 aromatic carbocycles. The van der Waals surface area contributed by atoms with Crippen LogP contribution in [0.25, 0.3) is 21.8 Å². The van der Waals surface area contributed by atoms with Crippen LogP contribution in [0.5, 0.6) is 11.5 Å². The molecule has 4 nitrogen and oxygen atoms in total. The number of hydrogen-bond donors (Lipinski definition) is 1. The summed E-state index contributed by atoms with van der Waals surface area (Å²) in [5.74, 6) is 1.08. The van der Waals surface area contributed by atoms with Crippen molar-refractivity contribution in [2.24, 2.45) is 0 Å². The number of rotatable bonds is 5. The number of aromatic amines is 1. The highest BCUT2D eigenvalue weighted by Gasteiger charge is 2.14. The molecule has 0 amide bonds. The van der Waals surface area contributed by atoms with E-state index in [0.29, 0.717) is 18.1 Å². The zero-order valence-electron chi connectivity index (χ0n) is 12.9. The Balaban J connectivity index is 2.12. The van der Waals surface area contributed by atoms with Gasteiger partial charge in [0.15, 0.2) is 11.5 Å². The number of hydrogen-bond acceptors (Lipinski definition) is 3. The Morgan fingerprint density at radius 2 is 1.95 bits per heavy atom. The highest BCUT2D eigenvalue weighted by molar-refractivity contribution is 6.09. The zero-order chi connectivity index (χ0) is 15.7. The summed E-state index contributed by atoms with van der Waals surface area (Å²) in [6.45, 7) is 1.35. The van der Waals surface area contributed by atoms with Crippen molar-refractivity contribution >= 4 is 21.8 Å². The van der Waals surface area contributed by atoms with Gasteiger partial charge in [-0.05, 0) is 44.4 Å². The van der Waals surface area contributed by atoms with Gasteiger partial charge in [-0.15, -0.1) is 0 Å². The molecule has 0 bridgehead atoms. The van der Waals surface area contributed by atoms with Crippen molar-refractivity contribution in [1.82, 2.24) is 9.88 Å². The molecule has 0 unspecified atom stereocenters. The Morgan fingerprint density at radius 3 is 2.68 bits per heavy atom. The fourth-order valence-corrected chi connectivity index (χ4v) is 2.53. The van der Waals surface area contributed by atoms with Crippen molar-refractivity contribution < 1.29 is 13.9 Å². The predicted octanol–water partition coefficient (Wildman–Crippen LogP) is 3.41. The molecule has 0 radical (unpaired) electrons. The van der Waals surface area contributed by atoms with Gasteiger partial charge in [-0.1, -0.05) is 0 Å². The lowest BCUT2D eigenvalue weighted by Crippen LogP contribution is -2.19. The highest BCUT2D eigenvalue weighted by Crippen LogP contribution is 2.38. The Morgan fingerprint density at radius 1 is 1.14 bits per heavy atom. The van der Waals surface area contributed by atoms with Gasteiger partial charge in [-0.25, -0.2) is 4.39 Å². The van der Waals surface area contributed by atoms with Crippen LogP contribution in [0.2, 0.25) is 0 Å². The topological polar surface area (TPSA) is 37.5 Å². The summed E-state index contributed by atoms with van der Waals surface area (Å²) in [4.78, 5) is 5.35. The number of fused-ring (bicyclic) bond motifs is 3. The molecule has 0 aliphatic heterocycles. The first-order chi connectivity index (χ1) is 10.6. The molecular weight excluding hydrogens is 283 g/mol. The van der Waals surface area contributed by atoms with Gasteiger partial charge in [0.1, 0.15) is 12.4 Å². The molecule has 5 heteroatoms. The van der Waals surface area contributed by atoms with E-state index in [1.807, 2.05) is 31.1 Å². The molecule has 0 aliphatic carbocycles. The maximum Gasteiger partial charge on any atom is 0.185 e. The number of likely N-dealkylation sites (N-methyl/N-ethyl adjacent to an activating group) is 1. The van der Waals surface area contributed by atoms with Crippen LogP contribution in [0.1, 0.15) is 0 Å². The second-order valence-electron chi connectivity index (χ2n) is 5.49. The first kappa shape index (κ1) is 14.7. The molecule has 0 atom stereocenters. The van der Waals surface area contributed by atoms with Crippen LogP contribution >= 0.6 is 0 Å². The minimum Gasteiger partial charge on any atom is -0.493 e. The number of nitrogens with zero attached hydrogens (tertiary/aromatic N) is 1. The van der Waals surface area contributed by atoms with Crippen LogP contribution in [0.15, 0.2) is 30.3 Å². The lowest BCUT2D eigenvalue weighted by atomic mass is 10.1. The third kappa shape index (κ3) is 2.60. The zero-order valence-corrected chi connectivity index (χ0v) is 12.9. The number of nitrogens with one attached hydrogen (secondary N) is 1. The molecule has 0 spiro atoms. The van der Waals surface area contributed by atoms with Gasteiger partial charge in [0.2, 0.25) is 0 Å². The molecule has 3 aromatic rings. The van der Waals surface area contributed by atoms with Crippen molar-refractivity contribution in [3.8, 4) is 11.5 Å². The van der Waals surface area contributed by atoms with E-state index in [-0.39, 0.29) is 5.82 Å². The predicted molar refractivity (Wildman–Crippen MR) is 86.4 cm³/mol. The smallest absolute Gasteiger partial charge is 0.185 e. The molecule has 1 aromatic heterocycles. The molecule has 1 heterocycles. The molecule has 0 saturated heterocycles. The molecule has 0 fully saturated rings. The summed E-state index contributed by atoms with van der Waals surface area (Å²) < 4.78 is 24.8. The number of H-pyrrole nitrogens is 1. The van der Waals surface area contributed by atoms with Crippen molar-refractivity contribution in [1.29, 1.82) is 0 Å². The third-order valence-corrected chi connectivity index (χ3v) is 3.66. The van der Waals surface area contributed by atoms with E-state index in [1.54, 1.807) is 13.2 Å². The van der Waals surface area contributed by atoms with Crippen LogP contribution < -0.4 is 9.47 Å². The van der Waals surface area contributed by atoms with Crippen molar-refractivity contribution in [2.75, 3.05) is 34.4 Å². The van der Waals surface area contributed by atoms with Crippen LogP contribution in [-0.4, -0.2) is 44.2 Å². The van der Waals surface area contributed by atoms with E-state index < -0.39 is 0 Å². The van der Waals surface area contributed by atoms with Gasteiger partial charge in [0.25, 0.3) is 0 Å². The van der Waals surface area contributed by atoms with Gasteiger partial charge in [0, 0.05) is 22.8 Å². The van der Waals surface area contributed by atoms with Crippen molar-refractivity contribution in [2.45, 2.75) is 0 Å². The molecule has 0 saturated carbocycles. The summed E-state index contributed by atoms with van der Waals surface area (Å²) in [6.07, 6.45) is 0. The Hall–Kier alpha value is -2.27.